The highest BCUT2D eigenvalue weighted by molar-refractivity contribution is 8.00. The molecule has 0 aliphatic carbocycles. The number of rotatable bonds is 5. The first-order valence-electron chi connectivity index (χ1n) is 27.3. The molecule has 0 saturated heterocycles. The van der Waals surface area contributed by atoms with Crippen molar-refractivity contribution in [3.05, 3.63) is 197 Å². The molecule has 0 fully saturated rings. The van der Waals surface area contributed by atoms with Crippen molar-refractivity contribution in [1.82, 2.24) is 0 Å². The Kier molecular flexibility index (Phi) is 10.2. The summed E-state index contributed by atoms with van der Waals surface area (Å²) in [6.07, 6.45) is 4.44. The van der Waals surface area contributed by atoms with Gasteiger partial charge in [-0.2, -0.15) is 0 Å². The van der Waals surface area contributed by atoms with Gasteiger partial charge in [-0.3, -0.25) is 8.61 Å². The minimum atomic E-state index is -0.130. The van der Waals surface area contributed by atoms with Crippen LogP contribution in [0.4, 0.5) is 34.1 Å². The Morgan fingerprint density at radius 1 is 0.329 bits per heavy atom. The Morgan fingerprint density at radius 2 is 0.747 bits per heavy atom. The predicted molar refractivity (Wildman–Crippen MR) is 339 cm³/mol. The second-order valence-corrected chi connectivity index (χ2v) is 23.7. The lowest BCUT2D eigenvalue weighted by molar-refractivity contribution is 0.465. The van der Waals surface area contributed by atoms with Gasteiger partial charge in [0.25, 0.3) is 20.1 Å². The lowest BCUT2D eigenvalue weighted by Crippen LogP contribution is -2.65. The molecule has 10 aromatic rings. The molecule has 0 radical (unpaired) electrons. The van der Waals surface area contributed by atoms with E-state index in [9.17, 15) is 0 Å². The van der Waals surface area contributed by atoms with Gasteiger partial charge in [-0.15, -0.1) is 0 Å². The van der Waals surface area contributed by atoms with Crippen LogP contribution >= 0.6 is 23.9 Å². The van der Waals surface area contributed by atoms with Crippen molar-refractivity contribution >= 4 is 127 Å². The maximum absolute atomic E-state index is 7.35. The normalized spacial score (nSPS) is 13.9. The number of fused-ring (bicyclic) bond motifs is 12. The molecule has 6 aliphatic rings. The summed E-state index contributed by atoms with van der Waals surface area (Å²) in [4.78, 5) is 0. The quantitative estimate of drug-likeness (QED) is 0.135. The number of anilines is 6. The molecule has 6 aliphatic heterocycles. The highest BCUT2D eigenvalue weighted by Gasteiger charge is 2.49. The van der Waals surface area contributed by atoms with E-state index in [0.29, 0.717) is 0 Å². The molecule has 0 saturated carbocycles. The van der Waals surface area contributed by atoms with Gasteiger partial charge in [0.2, 0.25) is 0 Å². The molecule has 6 heterocycles. The van der Waals surface area contributed by atoms with Crippen LogP contribution in [-0.2, 0) is 0 Å². The molecule has 1 N–H and O–H groups in total. The van der Waals surface area contributed by atoms with E-state index in [-0.39, 0.29) is 20.1 Å². The number of aryl methyl sites for hydroxylation is 6. The van der Waals surface area contributed by atoms with Gasteiger partial charge in [-0.05, 0) is 230 Å². The number of benzene rings is 10. The minimum Gasteiger partial charge on any atom is -0.458 e. The molecule has 378 valence electrons. The fourth-order valence-corrected chi connectivity index (χ4v) is 16.0. The number of para-hydroxylation sites is 2. The van der Waals surface area contributed by atoms with Crippen LogP contribution in [0.25, 0.3) is 33.4 Å². The van der Waals surface area contributed by atoms with Gasteiger partial charge in [-0.25, -0.2) is 0 Å². The van der Waals surface area contributed by atoms with Crippen molar-refractivity contribution in [3.8, 4) is 67.9 Å². The maximum atomic E-state index is 7.35. The first-order valence-corrected chi connectivity index (χ1v) is 29.7. The van der Waals surface area contributed by atoms with E-state index in [1.54, 1.807) is 23.9 Å². The van der Waals surface area contributed by atoms with Crippen molar-refractivity contribution in [3.63, 3.8) is 0 Å². The number of ether oxygens (including phenoxy) is 3. The summed E-state index contributed by atoms with van der Waals surface area (Å²) in [5, 5.41) is 4.07. The highest BCUT2D eigenvalue weighted by atomic mass is 32.2. The molecular formula is C68H52B3N3O3S2. The van der Waals surface area contributed by atoms with Crippen LogP contribution in [0.1, 0.15) is 33.4 Å². The topological polar surface area (TPSA) is 46.2 Å². The molecule has 0 amide bonds. The standard InChI is InChI=1S/C68H52B3N3O3S2/c1-36-16-13-17-37(2)63(36)42-26-52-66-60(29-42)75-57-24-11-9-22-45(57)69(66)47-32-48-53(34-51(47)72-52)73(78-7)55-27-43(64-38(3)18-14-19-39(64)4)28-56-67(55)71(48)49-33-50-59(35-54(49)74(56)79-8)77-62-31-44(65-40(5)20-15-21-41(65)6)30-61-68(62)70(50)46-23-10-12-25-58(46)76-61/h9-35,72H,1-8H3. The zero-order valence-electron chi connectivity index (χ0n) is 45.3. The Labute approximate surface area is 471 Å². The van der Waals surface area contributed by atoms with Crippen LogP contribution in [0.15, 0.2) is 164 Å². The molecule has 0 spiro atoms. The number of nitrogens with one attached hydrogen (secondary N) is 1. The van der Waals surface area contributed by atoms with Crippen molar-refractivity contribution in [2.24, 2.45) is 0 Å². The number of hydrogen-bond acceptors (Lipinski definition) is 8. The molecule has 0 bridgehead atoms. The molecule has 79 heavy (non-hydrogen) atoms. The summed E-state index contributed by atoms with van der Waals surface area (Å²) in [6, 6.07) is 60.9. The van der Waals surface area contributed by atoms with Crippen molar-refractivity contribution in [2.75, 3.05) is 26.4 Å². The number of hydrogen-bond donors (Lipinski definition) is 1. The summed E-state index contributed by atoms with van der Waals surface area (Å²) in [6.45, 7) is 13.0. The van der Waals surface area contributed by atoms with E-state index in [1.165, 1.54) is 105 Å². The third-order valence-corrected chi connectivity index (χ3v) is 19.3. The van der Waals surface area contributed by atoms with Gasteiger partial charge in [0.15, 0.2) is 0 Å². The van der Waals surface area contributed by atoms with Gasteiger partial charge in [0, 0.05) is 41.1 Å². The second-order valence-electron chi connectivity index (χ2n) is 22.3. The smallest absolute Gasteiger partial charge is 0.260 e. The summed E-state index contributed by atoms with van der Waals surface area (Å²) >= 11 is 3.53. The Bertz CT molecular complexity index is 4080. The van der Waals surface area contributed by atoms with Gasteiger partial charge < -0.3 is 19.5 Å². The lowest BCUT2D eigenvalue weighted by Gasteiger charge is -2.44. The molecule has 0 aromatic heterocycles. The molecule has 0 unspecified atom stereocenters. The zero-order valence-corrected chi connectivity index (χ0v) is 46.9. The van der Waals surface area contributed by atoms with E-state index in [2.05, 4.69) is 232 Å². The SMILES string of the molecule is CSN1c2cc3c(cc2B2c4cc5c(cc4N(SC)c4cc(-c6c(C)cccc6C)cc1c42)Oc1cc(-c2c(C)cccc2C)cc2c1B5c1ccccc1O2)B1c2ccccc2Oc2cc(-c4c(C)cccc4C)cc(c21)N3. The van der Waals surface area contributed by atoms with E-state index in [1.807, 2.05) is 0 Å². The third-order valence-electron chi connectivity index (χ3n) is 17.8. The zero-order chi connectivity index (χ0) is 53.3. The summed E-state index contributed by atoms with van der Waals surface area (Å²) < 4.78 is 26.2. The lowest BCUT2D eigenvalue weighted by atomic mass is 9.29. The molecule has 0 atom stereocenters. The van der Waals surface area contributed by atoms with Crippen molar-refractivity contribution in [1.29, 1.82) is 0 Å². The fourth-order valence-electron chi connectivity index (χ4n) is 14.6. The van der Waals surface area contributed by atoms with Crippen molar-refractivity contribution < 1.29 is 14.2 Å². The molecule has 11 heteroatoms. The highest BCUT2D eigenvalue weighted by Crippen LogP contribution is 2.49. The number of nitrogens with zero attached hydrogens (tertiary/aromatic N) is 2. The Morgan fingerprint density at radius 3 is 1.27 bits per heavy atom. The van der Waals surface area contributed by atoms with Crippen LogP contribution in [-0.4, -0.2) is 32.6 Å². The Balaban J connectivity index is 0.954. The monoisotopic (exact) mass is 1060 g/mol. The molecule has 10 aromatic carbocycles. The molecule has 16 rings (SSSR count). The van der Waals surface area contributed by atoms with E-state index in [0.717, 1.165) is 79.1 Å². The Hall–Kier alpha value is -8.11. The van der Waals surface area contributed by atoms with Crippen LogP contribution in [0.3, 0.4) is 0 Å². The van der Waals surface area contributed by atoms with E-state index < -0.39 is 0 Å². The van der Waals surface area contributed by atoms with Gasteiger partial charge in [0.05, 0.1) is 17.1 Å². The first-order chi connectivity index (χ1) is 38.5. The van der Waals surface area contributed by atoms with E-state index in [4.69, 9.17) is 14.2 Å². The van der Waals surface area contributed by atoms with Crippen LogP contribution < -0.4 is 77.3 Å². The van der Waals surface area contributed by atoms with E-state index >= 15 is 0 Å². The largest absolute Gasteiger partial charge is 0.458 e. The minimum absolute atomic E-state index is 0.0665. The third kappa shape index (κ3) is 6.66. The molecule has 6 nitrogen and oxygen atoms in total. The average Bonchev–Trinajstić information content (AvgIpc) is 3.31. The second kappa shape index (κ2) is 17.2. The first kappa shape index (κ1) is 46.9. The summed E-state index contributed by atoms with van der Waals surface area (Å²) in [5.41, 5.74) is 32.3. The predicted octanol–water partition coefficient (Wildman–Crippen LogP) is 11.9. The maximum Gasteiger partial charge on any atom is 0.260 e. The van der Waals surface area contributed by atoms with Gasteiger partial charge >= 0.3 is 0 Å². The van der Waals surface area contributed by atoms with Crippen LogP contribution in [0.5, 0.6) is 34.5 Å². The summed E-state index contributed by atoms with van der Waals surface area (Å²) in [7, 11) is 0. The van der Waals surface area contributed by atoms with Crippen LogP contribution in [0, 0.1) is 41.5 Å². The fraction of sp³-hybridized carbons (Fsp3) is 0.118. The molecular weight excluding hydrogens is 1000 g/mol. The van der Waals surface area contributed by atoms with Crippen LogP contribution in [0.2, 0.25) is 0 Å². The van der Waals surface area contributed by atoms with Gasteiger partial charge in [0.1, 0.15) is 34.5 Å². The van der Waals surface area contributed by atoms with Gasteiger partial charge in [-0.1, -0.05) is 103 Å². The average molecular weight is 1060 g/mol. The summed E-state index contributed by atoms with van der Waals surface area (Å²) in [5.74, 6) is 5.22. The van der Waals surface area contributed by atoms with Crippen molar-refractivity contribution in [2.45, 2.75) is 41.5 Å².